The summed E-state index contributed by atoms with van der Waals surface area (Å²) in [4.78, 5) is 13.0. The number of carbonyl (C=O) groups excluding carboxylic acids is 1. The van der Waals surface area contributed by atoms with Crippen LogP contribution < -0.4 is 4.74 Å². The average Bonchev–Trinajstić information content (AvgIpc) is 3.06. The zero-order chi connectivity index (χ0) is 20.0. The number of halogens is 1. The fourth-order valence-corrected chi connectivity index (χ4v) is 6.93. The number of fused-ring (bicyclic) bond motifs is 5. The smallest absolute Gasteiger partial charge is 0.139 e. The Morgan fingerprint density at radius 1 is 1.07 bits per heavy atom. The molecule has 5 rings (SSSR count). The highest BCUT2D eigenvalue weighted by Gasteiger charge is 2.57. The van der Waals surface area contributed by atoms with E-state index in [1.165, 1.54) is 17.5 Å². The first-order valence-corrected chi connectivity index (χ1v) is 12.5. The summed E-state index contributed by atoms with van der Waals surface area (Å²) >= 11 is 2.34. The predicted octanol–water partition coefficient (Wildman–Crippen LogP) is 6.32. The van der Waals surface area contributed by atoms with Gasteiger partial charge in [0.2, 0.25) is 0 Å². The summed E-state index contributed by atoms with van der Waals surface area (Å²) in [5.74, 6) is 3.56. The van der Waals surface area contributed by atoms with Crippen LogP contribution in [0.25, 0.3) is 0 Å². The van der Waals surface area contributed by atoms with Gasteiger partial charge in [-0.15, -0.1) is 0 Å². The number of benzene rings is 2. The van der Waals surface area contributed by atoms with Crippen LogP contribution in [-0.2, 0) is 11.2 Å². The Balaban J connectivity index is 1.56. The van der Waals surface area contributed by atoms with Crippen molar-refractivity contribution in [2.75, 3.05) is 11.0 Å². The molecule has 2 fully saturated rings. The highest BCUT2D eigenvalue weighted by Crippen LogP contribution is 2.63. The van der Waals surface area contributed by atoms with E-state index >= 15 is 0 Å². The molecule has 0 unspecified atom stereocenters. The third kappa shape index (κ3) is 3.24. The number of ether oxygens (including phenoxy) is 1. The molecule has 29 heavy (non-hydrogen) atoms. The molecule has 3 heteroatoms. The third-order valence-electron chi connectivity index (χ3n) is 8.01. The van der Waals surface area contributed by atoms with Gasteiger partial charge < -0.3 is 4.74 Å². The van der Waals surface area contributed by atoms with Crippen molar-refractivity contribution in [3.63, 3.8) is 0 Å². The molecule has 2 saturated carbocycles. The molecule has 0 aliphatic heterocycles. The van der Waals surface area contributed by atoms with E-state index in [0.29, 0.717) is 29.5 Å². The van der Waals surface area contributed by atoms with Crippen molar-refractivity contribution in [2.24, 2.45) is 17.3 Å². The summed E-state index contributed by atoms with van der Waals surface area (Å²) in [6, 6.07) is 17.8. The van der Waals surface area contributed by atoms with Crippen molar-refractivity contribution < 1.29 is 9.53 Å². The number of Topliss-reactive ketones (excluding diaryl/α,β-unsaturated/α-hetero) is 1. The van der Waals surface area contributed by atoms with E-state index in [2.05, 4.69) is 78.0 Å². The number of alkyl halides is 1. The largest absolute Gasteiger partial charge is 0.493 e. The van der Waals surface area contributed by atoms with Gasteiger partial charge in [-0.25, -0.2) is 0 Å². The van der Waals surface area contributed by atoms with Crippen molar-refractivity contribution in [3.05, 3.63) is 65.2 Å². The van der Waals surface area contributed by atoms with E-state index in [9.17, 15) is 4.79 Å². The van der Waals surface area contributed by atoms with Crippen molar-refractivity contribution in [1.29, 1.82) is 0 Å². The highest BCUT2D eigenvalue weighted by atomic mass is 127. The summed E-state index contributed by atoms with van der Waals surface area (Å²) in [5.41, 5.74) is 4.29. The zero-order valence-corrected chi connectivity index (χ0v) is 19.2. The van der Waals surface area contributed by atoms with Gasteiger partial charge in [0.05, 0.1) is 6.61 Å². The molecule has 2 nitrogen and oxygen atoms in total. The SMILES string of the molecule is C[C@]12C[C@H](c3ccc(OCCI)cc3)[C@@H]3c4ccccc4CC[C@H]3[C@@H]1CCC2=O. The molecule has 0 spiro atoms. The molecule has 3 aliphatic rings. The maximum atomic E-state index is 13.0. The van der Waals surface area contributed by atoms with Gasteiger partial charge in [0.15, 0.2) is 0 Å². The molecule has 0 saturated heterocycles. The van der Waals surface area contributed by atoms with Crippen LogP contribution in [0.4, 0.5) is 0 Å². The third-order valence-corrected chi connectivity index (χ3v) is 8.45. The minimum Gasteiger partial charge on any atom is -0.493 e. The van der Waals surface area contributed by atoms with Crippen molar-refractivity contribution >= 4 is 28.4 Å². The predicted molar refractivity (Wildman–Crippen MR) is 125 cm³/mol. The molecule has 5 atom stereocenters. The van der Waals surface area contributed by atoms with E-state index in [1.807, 2.05) is 0 Å². The van der Waals surface area contributed by atoms with E-state index in [1.54, 1.807) is 5.56 Å². The Morgan fingerprint density at radius 3 is 2.66 bits per heavy atom. The van der Waals surface area contributed by atoms with E-state index in [-0.39, 0.29) is 5.41 Å². The molecule has 152 valence electrons. The molecule has 0 amide bonds. The molecule has 2 aromatic rings. The summed E-state index contributed by atoms with van der Waals surface area (Å²) < 4.78 is 6.80. The van der Waals surface area contributed by atoms with Gasteiger partial charge in [-0.05, 0) is 78.2 Å². The quantitative estimate of drug-likeness (QED) is 0.363. The number of rotatable bonds is 4. The lowest BCUT2D eigenvalue weighted by atomic mass is 9.51. The van der Waals surface area contributed by atoms with Crippen LogP contribution in [-0.4, -0.2) is 16.8 Å². The molecule has 0 bridgehead atoms. The number of ketones is 1. The molecule has 2 aromatic carbocycles. The number of hydrogen-bond acceptors (Lipinski definition) is 2. The minimum absolute atomic E-state index is 0.144. The number of aryl methyl sites for hydroxylation is 1. The lowest BCUT2D eigenvalue weighted by molar-refractivity contribution is -0.130. The molecule has 0 heterocycles. The zero-order valence-electron chi connectivity index (χ0n) is 17.1. The van der Waals surface area contributed by atoms with Crippen molar-refractivity contribution in [3.8, 4) is 5.75 Å². The van der Waals surface area contributed by atoms with Crippen LogP contribution in [0.5, 0.6) is 5.75 Å². The lowest BCUT2D eigenvalue weighted by Crippen LogP contribution is -2.45. The van der Waals surface area contributed by atoms with Crippen molar-refractivity contribution in [1.82, 2.24) is 0 Å². The van der Waals surface area contributed by atoms with Crippen LogP contribution in [0.3, 0.4) is 0 Å². The molecular formula is C26H29IO2. The first-order chi connectivity index (χ1) is 14.1. The fourth-order valence-electron chi connectivity index (χ4n) is 6.71. The molecule has 0 radical (unpaired) electrons. The van der Waals surface area contributed by atoms with Crippen LogP contribution in [0.2, 0.25) is 0 Å². The van der Waals surface area contributed by atoms with Gasteiger partial charge in [-0.3, -0.25) is 4.79 Å². The Morgan fingerprint density at radius 2 is 1.86 bits per heavy atom. The lowest BCUT2D eigenvalue weighted by Gasteiger charge is -2.52. The van der Waals surface area contributed by atoms with E-state index < -0.39 is 0 Å². The second-order valence-corrected chi connectivity index (χ2v) is 10.4. The Kier molecular flexibility index (Phi) is 5.21. The van der Waals surface area contributed by atoms with Crippen LogP contribution >= 0.6 is 22.6 Å². The normalized spacial score (nSPS) is 33.0. The summed E-state index contributed by atoms with van der Waals surface area (Å²) in [7, 11) is 0. The van der Waals surface area contributed by atoms with Crippen LogP contribution in [0.1, 0.15) is 61.1 Å². The molecule has 0 N–H and O–H groups in total. The average molecular weight is 500 g/mol. The standard InChI is InChI=1S/C26H29IO2/c1-26-16-22(18-6-9-19(10-7-18)29-15-14-27)25-20-5-3-2-4-17(20)8-11-21(25)23(26)12-13-24(26)28/h2-7,9-10,21-23,25H,8,11-16H2,1H3/t21-,22+,23-,25+,26-/m0/s1. The number of hydrogen-bond donors (Lipinski definition) is 0. The van der Waals surface area contributed by atoms with Gasteiger partial charge in [-0.1, -0.05) is 65.9 Å². The topological polar surface area (TPSA) is 26.3 Å². The van der Waals surface area contributed by atoms with Gasteiger partial charge in [0.25, 0.3) is 0 Å². The van der Waals surface area contributed by atoms with Gasteiger partial charge in [0, 0.05) is 16.3 Å². The maximum absolute atomic E-state index is 13.0. The summed E-state index contributed by atoms with van der Waals surface area (Å²) in [5, 5.41) is 0. The van der Waals surface area contributed by atoms with Gasteiger partial charge in [-0.2, -0.15) is 0 Å². The van der Waals surface area contributed by atoms with Gasteiger partial charge in [0.1, 0.15) is 11.5 Å². The van der Waals surface area contributed by atoms with Crippen LogP contribution in [0, 0.1) is 17.3 Å². The summed E-state index contributed by atoms with van der Waals surface area (Å²) in [6.07, 6.45) is 5.24. The second kappa shape index (κ2) is 7.72. The van der Waals surface area contributed by atoms with Gasteiger partial charge >= 0.3 is 0 Å². The summed E-state index contributed by atoms with van der Waals surface area (Å²) in [6.45, 7) is 3.02. The maximum Gasteiger partial charge on any atom is 0.139 e. The second-order valence-electron chi connectivity index (χ2n) is 9.33. The van der Waals surface area contributed by atoms with Crippen LogP contribution in [0.15, 0.2) is 48.5 Å². The first kappa shape index (κ1) is 19.6. The Labute approximate surface area is 187 Å². The first-order valence-electron chi connectivity index (χ1n) is 11.0. The van der Waals surface area contributed by atoms with Crippen molar-refractivity contribution in [2.45, 2.75) is 50.9 Å². The molecule has 0 aromatic heterocycles. The van der Waals surface area contributed by atoms with E-state index in [4.69, 9.17) is 4.74 Å². The molecular weight excluding hydrogens is 471 g/mol. The monoisotopic (exact) mass is 500 g/mol. The fraction of sp³-hybridized carbons (Fsp3) is 0.500. The Hall–Kier alpha value is -1.36. The highest BCUT2D eigenvalue weighted by molar-refractivity contribution is 14.1. The minimum atomic E-state index is -0.144. The Bertz CT molecular complexity index is 905. The molecule has 3 aliphatic carbocycles. The number of carbonyl (C=O) groups is 1. The van der Waals surface area contributed by atoms with E-state index in [0.717, 1.165) is 42.5 Å².